The summed E-state index contributed by atoms with van der Waals surface area (Å²) in [6.07, 6.45) is 6.55. The Morgan fingerprint density at radius 1 is 0.538 bits per heavy atom. The molecule has 0 aromatic heterocycles. The van der Waals surface area contributed by atoms with Crippen LogP contribution in [0, 0.1) is 10.8 Å². The number of hydrogen-bond acceptors (Lipinski definition) is 10. The highest BCUT2D eigenvalue weighted by atomic mass is 31.1. The largest absolute Gasteiger partial charge is 0.466 e. The van der Waals surface area contributed by atoms with E-state index >= 15 is 0 Å². The molecule has 2 aromatic carbocycles. The Morgan fingerprint density at radius 3 is 1.48 bits per heavy atom. The number of hydrogen-bond donors (Lipinski definition) is 0. The first-order valence-corrected chi connectivity index (χ1v) is 20.5. The smallest absolute Gasteiger partial charge is 0.315 e. The number of rotatable bonds is 26. The second-order valence-electron chi connectivity index (χ2n) is 14.1. The van der Waals surface area contributed by atoms with Gasteiger partial charge >= 0.3 is 29.8 Å². The van der Waals surface area contributed by atoms with E-state index in [2.05, 4.69) is 33.5 Å². The van der Waals surface area contributed by atoms with Gasteiger partial charge < -0.3 is 23.7 Å². The molecule has 0 fully saturated rings. The molecular weight excluding hydrogens is 702 g/mol. The molecule has 0 saturated heterocycles. The first-order valence-electron chi connectivity index (χ1n) is 18.2. The lowest BCUT2D eigenvalue weighted by Crippen LogP contribution is -2.36. The molecule has 12 heteroatoms. The van der Waals surface area contributed by atoms with Crippen molar-refractivity contribution in [3.8, 4) is 0 Å². The molecule has 0 saturated carbocycles. The van der Waals surface area contributed by atoms with Gasteiger partial charge in [-0.05, 0) is 83.2 Å². The van der Waals surface area contributed by atoms with Crippen molar-refractivity contribution in [3.05, 3.63) is 60.7 Å². The van der Waals surface area contributed by atoms with Gasteiger partial charge in [0, 0.05) is 24.7 Å². The van der Waals surface area contributed by atoms with Gasteiger partial charge in [0.1, 0.15) is 6.61 Å². The van der Waals surface area contributed by atoms with Crippen LogP contribution in [0.4, 0.5) is 0 Å². The van der Waals surface area contributed by atoms with Crippen LogP contribution in [0.2, 0.25) is 0 Å². The van der Waals surface area contributed by atoms with Gasteiger partial charge in [0.05, 0.1) is 38.3 Å². The lowest BCUT2D eigenvalue weighted by atomic mass is 9.93. The molecule has 0 spiro atoms. The zero-order valence-corrected chi connectivity index (χ0v) is 33.5. The van der Waals surface area contributed by atoms with E-state index in [1.807, 2.05) is 50.2 Å². The number of benzene rings is 2. The molecule has 10 nitrogen and oxygen atoms in total. The molecule has 2 rings (SSSR count). The number of carbonyl (C=O) groups is 5. The fourth-order valence-electron chi connectivity index (χ4n) is 4.79. The van der Waals surface area contributed by atoms with E-state index in [-0.39, 0.29) is 50.6 Å². The Morgan fingerprint density at radius 2 is 0.981 bits per heavy atom. The summed E-state index contributed by atoms with van der Waals surface area (Å²) in [7, 11) is 1.83. The molecule has 0 aliphatic carbocycles. The van der Waals surface area contributed by atoms with E-state index in [4.69, 9.17) is 23.7 Å². The van der Waals surface area contributed by atoms with Crippen molar-refractivity contribution >= 4 is 57.6 Å². The Hall–Kier alpha value is -3.35. The number of esters is 5. The minimum absolute atomic E-state index is 0.0320. The SMILES string of the molecule is CC(C)(COC(=O)CCCCCOC(=O)CCP)COC(=O)C(C)(C)COC(=O)CCCCCOC(=O)CCP(c1ccccc1)c1ccccc1. The molecule has 52 heavy (non-hydrogen) atoms. The van der Waals surface area contributed by atoms with Crippen LogP contribution in [0.5, 0.6) is 0 Å². The van der Waals surface area contributed by atoms with Gasteiger partial charge in [0.15, 0.2) is 0 Å². The Kier molecular flexibility index (Phi) is 21.4. The Labute approximate surface area is 313 Å². The van der Waals surface area contributed by atoms with Crippen molar-refractivity contribution < 1.29 is 47.7 Å². The third-order valence-corrected chi connectivity index (χ3v) is 10.8. The van der Waals surface area contributed by atoms with Crippen molar-refractivity contribution in [2.24, 2.45) is 10.8 Å². The zero-order chi connectivity index (χ0) is 38.2. The summed E-state index contributed by atoms with van der Waals surface area (Å²) >= 11 is 0. The van der Waals surface area contributed by atoms with Crippen molar-refractivity contribution in [2.75, 3.05) is 45.4 Å². The standard InChI is InChI=1S/C40H58O10P2/c1-39(2,29-48-34(41)21-13-7-15-25-46-36(43)23-27-51)30-50-38(45)40(3,4)31-49-35(42)22-14-8-16-26-47-37(44)24-28-52(32-17-9-5-10-18-32)33-19-11-6-12-20-33/h5-6,9-12,17-20H,7-8,13-16,21-31,51H2,1-4H3. The predicted molar refractivity (Wildman–Crippen MR) is 207 cm³/mol. The summed E-state index contributed by atoms with van der Waals surface area (Å²) in [5, 5.41) is 2.46. The van der Waals surface area contributed by atoms with Gasteiger partial charge in [-0.25, -0.2) is 0 Å². The normalized spacial score (nSPS) is 11.5. The summed E-state index contributed by atoms with van der Waals surface area (Å²) < 4.78 is 26.8. The van der Waals surface area contributed by atoms with E-state index in [1.54, 1.807) is 13.8 Å². The minimum Gasteiger partial charge on any atom is -0.466 e. The van der Waals surface area contributed by atoms with Crippen LogP contribution in [0.25, 0.3) is 0 Å². The van der Waals surface area contributed by atoms with Crippen LogP contribution in [0.15, 0.2) is 60.7 Å². The molecular formula is C40H58O10P2. The summed E-state index contributed by atoms with van der Waals surface area (Å²) in [6, 6.07) is 20.5. The molecule has 0 N–H and O–H groups in total. The Bertz CT molecular complexity index is 1330. The van der Waals surface area contributed by atoms with Crippen molar-refractivity contribution in [1.29, 1.82) is 0 Å². The highest BCUT2D eigenvalue weighted by Gasteiger charge is 2.33. The van der Waals surface area contributed by atoms with Crippen molar-refractivity contribution in [2.45, 2.75) is 91.9 Å². The van der Waals surface area contributed by atoms with Crippen LogP contribution in [-0.2, 0) is 47.7 Å². The minimum atomic E-state index is -1.05. The summed E-state index contributed by atoms with van der Waals surface area (Å²) in [5.41, 5.74) is -1.66. The maximum atomic E-state index is 12.8. The second-order valence-corrected chi connectivity index (χ2v) is 17.0. The number of ether oxygens (including phenoxy) is 5. The quantitative estimate of drug-likeness (QED) is 0.0444. The van der Waals surface area contributed by atoms with E-state index in [0.717, 1.165) is 6.42 Å². The topological polar surface area (TPSA) is 132 Å². The maximum absolute atomic E-state index is 12.8. The van der Waals surface area contributed by atoms with Crippen LogP contribution in [-0.4, -0.2) is 75.2 Å². The average molecular weight is 761 g/mol. The molecule has 0 bridgehead atoms. The molecule has 0 aliphatic heterocycles. The predicted octanol–water partition coefficient (Wildman–Crippen LogP) is 6.66. The summed E-state index contributed by atoms with van der Waals surface area (Å²) in [5.74, 6) is -1.69. The van der Waals surface area contributed by atoms with Crippen molar-refractivity contribution in [3.63, 3.8) is 0 Å². The van der Waals surface area contributed by atoms with Crippen LogP contribution >= 0.6 is 17.2 Å². The van der Waals surface area contributed by atoms with Gasteiger partial charge in [-0.1, -0.05) is 74.5 Å². The van der Waals surface area contributed by atoms with E-state index in [0.29, 0.717) is 70.5 Å². The number of unbranched alkanes of at least 4 members (excludes halogenated alkanes) is 4. The van der Waals surface area contributed by atoms with Gasteiger partial charge in [-0.3, -0.25) is 24.0 Å². The van der Waals surface area contributed by atoms with E-state index in [1.165, 1.54) is 10.6 Å². The molecule has 2 aromatic rings. The lowest BCUT2D eigenvalue weighted by molar-refractivity contribution is -0.165. The summed E-state index contributed by atoms with van der Waals surface area (Å²) in [6.45, 7) is 7.61. The molecule has 1 unspecified atom stereocenters. The molecule has 1 atom stereocenters. The zero-order valence-electron chi connectivity index (χ0n) is 31.4. The fourth-order valence-corrected chi connectivity index (χ4v) is 7.32. The van der Waals surface area contributed by atoms with Gasteiger partial charge in [-0.2, -0.15) is 0 Å². The van der Waals surface area contributed by atoms with E-state index in [9.17, 15) is 24.0 Å². The number of carbonyl (C=O) groups excluding carboxylic acids is 5. The van der Waals surface area contributed by atoms with Crippen LogP contribution in [0.1, 0.15) is 91.9 Å². The molecule has 0 radical (unpaired) electrons. The average Bonchev–Trinajstić information content (AvgIpc) is 3.13. The molecule has 0 aliphatic rings. The molecule has 0 amide bonds. The highest BCUT2D eigenvalue weighted by Crippen LogP contribution is 2.34. The second kappa shape index (κ2) is 24.8. The molecule has 288 valence electrons. The van der Waals surface area contributed by atoms with Gasteiger partial charge in [0.2, 0.25) is 0 Å². The van der Waals surface area contributed by atoms with Gasteiger partial charge in [-0.15, -0.1) is 9.24 Å². The first-order chi connectivity index (χ1) is 24.8. The van der Waals surface area contributed by atoms with Crippen LogP contribution in [0.3, 0.4) is 0 Å². The summed E-state index contributed by atoms with van der Waals surface area (Å²) in [4.78, 5) is 61.1. The maximum Gasteiger partial charge on any atom is 0.315 e. The van der Waals surface area contributed by atoms with Gasteiger partial charge in [0.25, 0.3) is 0 Å². The fraction of sp³-hybridized carbons (Fsp3) is 0.575. The van der Waals surface area contributed by atoms with E-state index < -0.39 is 30.7 Å². The first kappa shape index (κ1) is 44.8. The monoisotopic (exact) mass is 760 g/mol. The highest BCUT2D eigenvalue weighted by molar-refractivity contribution is 7.73. The Balaban J connectivity index is 1.56. The molecule has 0 heterocycles. The third kappa shape index (κ3) is 19.5. The van der Waals surface area contributed by atoms with Crippen molar-refractivity contribution in [1.82, 2.24) is 0 Å². The third-order valence-electron chi connectivity index (χ3n) is 7.96. The van der Waals surface area contributed by atoms with Crippen LogP contribution < -0.4 is 10.6 Å². The lowest BCUT2D eigenvalue weighted by Gasteiger charge is -2.27.